The lowest BCUT2D eigenvalue weighted by atomic mass is 10.1. The Morgan fingerprint density at radius 3 is 2.50 bits per heavy atom. The molecular formula is C16H26IN3. The second-order valence-electron chi connectivity index (χ2n) is 5.33. The number of nitrogens with zero attached hydrogens (tertiary/aromatic N) is 1. The predicted molar refractivity (Wildman–Crippen MR) is 97.0 cm³/mol. The lowest BCUT2D eigenvalue weighted by Gasteiger charge is -2.11. The van der Waals surface area contributed by atoms with Gasteiger partial charge in [0.2, 0.25) is 0 Å². The first-order valence-electron chi connectivity index (χ1n) is 7.35. The fraction of sp³-hybridized carbons (Fsp3) is 0.562. The summed E-state index contributed by atoms with van der Waals surface area (Å²) in [5.41, 5.74) is 2.69. The van der Waals surface area contributed by atoms with Gasteiger partial charge in [0.15, 0.2) is 5.96 Å². The SMILES string of the molecule is CCNC(=NCC1CC1)NCCc1ccc(C)cc1.I. The molecule has 0 heterocycles. The summed E-state index contributed by atoms with van der Waals surface area (Å²) in [5.74, 6) is 1.80. The molecule has 0 spiro atoms. The number of hydrogen-bond donors (Lipinski definition) is 2. The van der Waals surface area contributed by atoms with Gasteiger partial charge in [-0.25, -0.2) is 0 Å². The summed E-state index contributed by atoms with van der Waals surface area (Å²) >= 11 is 0. The molecule has 0 aliphatic heterocycles. The first kappa shape index (κ1) is 17.3. The molecule has 3 nitrogen and oxygen atoms in total. The number of halogens is 1. The van der Waals surface area contributed by atoms with Crippen LogP contribution in [0.15, 0.2) is 29.3 Å². The van der Waals surface area contributed by atoms with E-state index < -0.39 is 0 Å². The first-order valence-corrected chi connectivity index (χ1v) is 7.35. The van der Waals surface area contributed by atoms with Crippen LogP contribution in [0, 0.1) is 12.8 Å². The van der Waals surface area contributed by atoms with Gasteiger partial charge in [-0.05, 0) is 44.6 Å². The zero-order valence-electron chi connectivity index (χ0n) is 12.5. The molecule has 1 fully saturated rings. The summed E-state index contributed by atoms with van der Waals surface area (Å²) in [7, 11) is 0. The van der Waals surface area contributed by atoms with E-state index in [0.29, 0.717) is 0 Å². The van der Waals surface area contributed by atoms with Crippen molar-refractivity contribution in [3.63, 3.8) is 0 Å². The summed E-state index contributed by atoms with van der Waals surface area (Å²) in [6.07, 6.45) is 3.74. The topological polar surface area (TPSA) is 36.4 Å². The van der Waals surface area contributed by atoms with Gasteiger partial charge in [-0.2, -0.15) is 0 Å². The fourth-order valence-corrected chi connectivity index (χ4v) is 1.94. The minimum Gasteiger partial charge on any atom is -0.357 e. The normalized spacial score (nSPS) is 14.6. The molecule has 4 heteroatoms. The molecule has 1 saturated carbocycles. The highest BCUT2D eigenvalue weighted by molar-refractivity contribution is 14.0. The number of aryl methyl sites for hydroxylation is 1. The maximum Gasteiger partial charge on any atom is 0.191 e. The van der Waals surface area contributed by atoms with Gasteiger partial charge in [0.05, 0.1) is 0 Å². The van der Waals surface area contributed by atoms with Crippen LogP contribution in [0.3, 0.4) is 0 Å². The summed E-state index contributed by atoms with van der Waals surface area (Å²) in [6.45, 7) is 7.05. The highest BCUT2D eigenvalue weighted by atomic mass is 127. The molecule has 1 aromatic rings. The third kappa shape index (κ3) is 6.59. The largest absolute Gasteiger partial charge is 0.357 e. The Labute approximate surface area is 139 Å². The van der Waals surface area contributed by atoms with Gasteiger partial charge < -0.3 is 10.6 Å². The molecule has 0 aromatic heterocycles. The van der Waals surface area contributed by atoms with Crippen molar-refractivity contribution in [2.75, 3.05) is 19.6 Å². The molecule has 2 rings (SSSR count). The van der Waals surface area contributed by atoms with E-state index >= 15 is 0 Å². The Kier molecular flexibility index (Phi) is 7.95. The van der Waals surface area contributed by atoms with Crippen LogP contribution in [-0.4, -0.2) is 25.6 Å². The van der Waals surface area contributed by atoms with E-state index in [1.807, 2.05) is 0 Å². The lowest BCUT2D eigenvalue weighted by Crippen LogP contribution is -2.38. The number of aliphatic imine (C=N–C) groups is 1. The van der Waals surface area contributed by atoms with Crippen LogP contribution in [0.1, 0.15) is 30.9 Å². The van der Waals surface area contributed by atoms with E-state index in [0.717, 1.165) is 37.9 Å². The average molecular weight is 387 g/mol. The van der Waals surface area contributed by atoms with Crippen LogP contribution in [0.4, 0.5) is 0 Å². The zero-order valence-corrected chi connectivity index (χ0v) is 14.8. The van der Waals surface area contributed by atoms with Gasteiger partial charge in [0.25, 0.3) is 0 Å². The second-order valence-corrected chi connectivity index (χ2v) is 5.33. The summed E-state index contributed by atoms with van der Waals surface area (Å²) in [5, 5.41) is 6.71. The maximum absolute atomic E-state index is 4.62. The van der Waals surface area contributed by atoms with Crippen molar-refractivity contribution in [1.82, 2.24) is 10.6 Å². The molecule has 1 aliphatic rings. The maximum atomic E-state index is 4.62. The molecule has 0 radical (unpaired) electrons. The molecule has 0 atom stereocenters. The van der Waals surface area contributed by atoms with Gasteiger partial charge in [-0.3, -0.25) is 4.99 Å². The van der Waals surface area contributed by atoms with Gasteiger partial charge in [-0.1, -0.05) is 29.8 Å². The smallest absolute Gasteiger partial charge is 0.191 e. The average Bonchev–Trinajstić information content (AvgIpc) is 3.22. The molecule has 0 bridgehead atoms. The minimum absolute atomic E-state index is 0. The lowest BCUT2D eigenvalue weighted by molar-refractivity contribution is 0.777. The van der Waals surface area contributed by atoms with E-state index in [2.05, 4.69) is 53.7 Å². The van der Waals surface area contributed by atoms with Crippen LogP contribution >= 0.6 is 24.0 Å². The van der Waals surface area contributed by atoms with Crippen LogP contribution in [0.5, 0.6) is 0 Å². The summed E-state index contributed by atoms with van der Waals surface area (Å²) in [6, 6.07) is 8.74. The molecule has 0 saturated heterocycles. The molecule has 1 aliphatic carbocycles. The summed E-state index contributed by atoms with van der Waals surface area (Å²) < 4.78 is 0. The molecule has 112 valence electrons. The van der Waals surface area contributed by atoms with Crippen molar-refractivity contribution in [1.29, 1.82) is 0 Å². The Morgan fingerprint density at radius 2 is 1.90 bits per heavy atom. The number of hydrogen-bond acceptors (Lipinski definition) is 1. The van der Waals surface area contributed by atoms with Crippen molar-refractivity contribution >= 4 is 29.9 Å². The third-order valence-electron chi connectivity index (χ3n) is 3.38. The Bertz CT molecular complexity index is 410. The van der Waals surface area contributed by atoms with Crippen molar-refractivity contribution < 1.29 is 0 Å². The van der Waals surface area contributed by atoms with Crippen LogP contribution in [-0.2, 0) is 6.42 Å². The molecule has 0 amide bonds. The molecular weight excluding hydrogens is 361 g/mol. The van der Waals surface area contributed by atoms with Crippen LogP contribution in [0.2, 0.25) is 0 Å². The monoisotopic (exact) mass is 387 g/mol. The standard InChI is InChI=1S/C16H25N3.HI/c1-3-17-16(19-12-15-8-9-15)18-11-10-14-6-4-13(2)5-7-14;/h4-7,15H,3,8-12H2,1-2H3,(H2,17,18,19);1H. The van der Waals surface area contributed by atoms with E-state index in [-0.39, 0.29) is 24.0 Å². The van der Waals surface area contributed by atoms with Gasteiger partial charge in [-0.15, -0.1) is 24.0 Å². The minimum atomic E-state index is 0. The molecule has 0 unspecified atom stereocenters. The van der Waals surface area contributed by atoms with E-state index in [1.54, 1.807) is 0 Å². The molecule has 20 heavy (non-hydrogen) atoms. The Balaban J connectivity index is 0.00000200. The fourth-order valence-electron chi connectivity index (χ4n) is 1.94. The van der Waals surface area contributed by atoms with Gasteiger partial charge in [0.1, 0.15) is 0 Å². The van der Waals surface area contributed by atoms with Gasteiger partial charge in [0, 0.05) is 19.6 Å². The number of guanidine groups is 1. The highest BCUT2D eigenvalue weighted by Gasteiger charge is 2.20. The van der Waals surface area contributed by atoms with Crippen LogP contribution in [0.25, 0.3) is 0 Å². The van der Waals surface area contributed by atoms with Crippen molar-refractivity contribution in [2.24, 2.45) is 10.9 Å². The van der Waals surface area contributed by atoms with Crippen LogP contribution < -0.4 is 10.6 Å². The second kappa shape index (κ2) is 9.21. The first-order chi connectivity index (χ1) is 9.28. The zero-order chi connectivity index (χ0) is 13.5. The molecule has 1 aromatic carbocycles. The van der Waals surface area contributed by atoms with E-state index in [1.165, 1.54) is 24.0 Å². The van der Waals surface area contributed by atoms with Gasteiger partial charge >= 0.3 is 0 Å². The third-order valence-corrected chi connectivity index (χ3v) is 3.38. The Hall–Kier alpha value is -0.780. The van der Waals surface area contributed by atoms with E-state index in [9.17, 15) is 0 Å². The number of rotatable bonds is 6. The predicted octanol–water partition coefficient (Wildman–Crippen LogP) is 3.12. The van der Waals surface area contributed by atoms with Crippen molar-refractivity contribution in [3.05, 3.63) is 35.4 Å². The Morgan fingerprint density at radius 1 is 1.20 bits per heavy atom. The summed E-state index contributed by atoms with van der Waals surface area (Å²) in [4.78, 5) is 4.62. The van der Waals surface area contributed by atoms with Crippen molar-refractivity contribution in [3.8, 4) is 0 Å². The number of nitrogens with one attached hydrogen (secondary N) is 2. The van der Waals surface area contributed by atoms with E-state index in [4.69, 9.17) is 0 Å². The highest BCUT2D eigenvalue weighted by Crippen LogP contribution is 2.28. The quantitative estimate of drug-likeness (QED) is 0.447. The van der Waals surface area contributed by atoms with Crippen molar-refractivity contribution in [2.45, 2.75) is 33.1 Å². The molecule has 2 N–H and O–H groups in total. The number of benzene rings is 1.